The molecule has 1 aromatic carbocycles. The van der Waals surface area contributed by atoms with Crippen LogP contribution in [0.25, 0.3) is 0 Å². The molecule has 19 heavy (non-hydrogen) atoms. The van der Waals surface area contributed by atoms with Crippen molar-refractivity contribution in [1.82, 2.24) is 4.90 Å². The second kappa shape index (κ2) is 6.46. The third kappa shape index (κ3) is 3.75. The smallest absolute Gasteiger partial charge is 0.263 e. The molecule has 6 heteroatoms. The quantitative estimate of drug-likeness (QED) is 0.861. The molecule has 0 saturated carbocycles. The first kappa shape index (κ1) is 14.4. The molecule has 1 aliphatic heterocycles. The van der Waals surface area contributed by atoms with E-state index in [-0.39, 0.29) is 5.91 Å². The van der Waals surface area contributed by atoms with Gasteiger partial charge < -0.3 is 14.4 Å². The molecular formula is C13H15Cl2NO3. The van der Waals surface area contributed by atoms with Crippen LogP contribution < -0.4 is 4.74 Å². The van der Waals surface area contributed by atoms with Crippen molar-refractivity contribution < 1.29 is 14.3 Å². The summed E-state index contributed by atoms with van der Waals surface area (Å²) < 4.78 is 10.8. The Labute approximate surface area is 122 Å². The predicted molar refractivity (Wildman–Crippen MR) is 74.0 cm³/mol. The highest BCUT2D eigenvalue weighted by Gasteiger charge is 2.23. The van der Waals surface area contributed by atoms with E-state index in [9.17, 15) is 4.79 Å². The van der Waals surface area contributed by atoms with Gasteiger partial charge in [0.1, 0.15) is 5.75 Å². The monoisotopic (exact) mass is 303 g/mol. The molecule has 0 N–H and O–H groups in total. The van der Waals surface area contributed by atoms with Crippen LogP contribution in [0.15, 0.2) is 18.2 Å². The normalized spacial score (nSPS) is 17.1. The number of ether oxygens (including phenoxy) is 2. The van der Waals surface area contributed by atoms with Crippen LogP contribution in [0.1, 0.15) is 6.92 Å². The van der Waals surface area contributed by atoms with Crippen molar-refractivity contribution in [2.75, 3.05) is 26.3 Å². The molecule has 0 aromatic heterocycles. The van der Waals surface area contributed by atoms with Crippen LogP contribution in [0.5, 0.6) is 5.75 Å². The Morgan fingerprint density at radius 3 is 2.63 bits per heavy atom. The fraction of sp³-hybridized carbons (Fsp3) is 0.462. The van der Waals surface area contributed by atoms with Gasteiger partial charge in [0.2, 0.25) is 0 Å². The molecule has 0 unspecified atom stereocenters. The number of rotatable bonds is 3. The molecule has 1 fully saturated rings. The topological polar surface area (TPSA) is 38.8 Å². The standard InChI is InChI=1S/C13H15Cl2NO3/c1-9(13(17)16-4-6-18-7-5-16)19-10-2-3-11(14)12(15)8-10/h2-3,8-9H,4-7H2,1H3/t9-/m0/s1. The predicted octanol–water partition coefficient (Wildman–Crippen LogP) is 2.62. The number of morpholine rings is 1. The number of carbonyl (C=O) groups excluding carboxylic acids is 1. The van der Waals surface area contributed by atoms with Gasteiger partial charge in [-0.3, -0.25) is 4.79 Å². The highest BCUT2D eigenvalue weighted by Crippen LogP contribution is 2.27. The van der Waals surface area contributed by atoms with Gasteiger partial charge in [-0.25, -0.2) is 0 Å². The molecule has 1 saturated heterocycles. The van der Waals surface area contributed by atoms with E-state index in [2.05, 4.69) is 0 Å². The fourth-order valence-corrected chi connectivity index (χ4v) is 2.13. The zero-order valence-electron chi connectivity index (χ0n) is 10.6. The Bertz CT molecular complexity index is 461. The van der Waals surface area contributed by atoms with Crippen LogP contribution in [0.4, 0.5) is 0 Å². The summed E-state index contributed by atoms with van der Waals surface area (Å²) in [5, 5.41) is 0.867. The number of amides is 1. The van der Waals surface area contributed by atoms with Gasteiger partial charge in [-0.2, -0.15) is 0 Å². The number of hydrogen-bond acceptors (Lipinski definition) is 3. The van der Waals surface area contributed by atoms with E-state index in [0.29, 0.717) is 42.1 Å². The molecular weight excluding hydrogens is 289 g/mol. The number of hydrogen-bond donors (Lipinski definition) is 0. The van der Waals surface area contributed by atoms with Crippen LogP contribution in [0.3, 0.4) is 0 Å². The van der Waals surface area contributed by atoms with E-state index in [1.165, 1.54) is 0 Å². The molecule has 0 radical (unpaired) electrons. The summed E-state index contributed by atoms with van der Waals surface area (Å²) in [5.74, 6) is 0.484. The Morgan fingerprint density at radius 2 is 2.00 bits per heavy atom. The summed E-state index contributed by atoms with van der Waals surface area (Å²) in [5.41, 5.74) is 0. The van der Waals surface area contributed by atoms with Crippen LogP contribution in [0.2, 0.25) is 10.0 Å². The molecule has 1 heterocycles. The number of benzene rings is 1. The largest absolute Gasteiger partial charge is 0.481 e. The Hall–Kier alpha value is -0.970. The first-order valence-electron chi connectivity index (χ1n) is 6.06. The Morgan fingerprint density at radius 1 is 1.32 bits per heavy atom. The second-order valence-electron chi connectivity index (χ2n) is 4.27. The lowest BCUT2D eigenvalue weighted by atomic mass is 10.3. The van der Waals surface area contributed by atoms with E-state index in [0.717, 1.165) is 0 Å². The van der Waals surface area contributed by atoms with Crippen molar-refractivity contribution in [3.63, 3.8) is 0 Å². The minimum absolute atomic E-state index is 0.0469. The van der Waals surface area contributed by atoms with Crippen molar-refractivity contribution in [2.24, 2.45) is 0 Å². The van der Waals surface area contributed by atoms with Crippen LogP contribution in [0, 0.1) is 0 Å². The summed E-state index contributed by atoms with van der Waals surface area (Å²) in [4.78, 5) is 13.9. The van der Waals surface area contributed by atoms with Gasteiger partial charge in [0.05, 0.1) is 23.3 Å². The number of nitrogens with zero attached hydrogens (tertiary/aromatic N) is 1. The van der Waals surface area contributed by atoms with Crippen LogP contribution >= 0.6 is 23.2 Å². The maximum Gasteiger partial charge on any atom is 0.263 e. The summed E-state index contributed by atoms with van der Waals surface area (Å²) in [6.45, 7) is 4.08. The van der Waals surface area contributed by atoms with Crippen LogP contribution in [-0.2, 0) is 9.53 Å². The summed E-state index contributed by atoms with van der Waals surface area (Å²) >= 11 is 11.7. The van der Waals surface area contributed by atoms with E-state index in [1.807, 2.05) is 0 Å². The van der Waals surface area contributed by atoms with Gasteiger partial charge in [0.25, 0.3) is 5.91 Å². The third-order valence-electron chi connectivity index (χ3n) is 2.87. The minimum Gasteiger partial charge on any atom is -0.481 e. The molecule has 0 spiro atoms. The average molecular weight is 304 g/mol. The first-order chi connectivity index (χ1) is 9.08. The van der Waals surface area contributed by atoms with E-state index >= 15 is 0 Å². The van der Waals surface area contributed by atoms with Crippen molar-refractivity contribution in [2.45, 2.75) is 13.0 Å². The molecule has 0 aliphatic carbocycles. The minimum atomic E-state index is -0.560. The van der Waals surface area contributed by atoms with Gasteiger partial charge >= 0.3 is 0 Å². The molecule has 104 valence electrons. The maximum atomic E-state index is 12.1. The molecule has 2 rings (SSSR count). The van der Waals surface area contributed by atoms with Crippen molar-refractivity contribution in [1.29, 1.82) is 0 Å². The zero-order valence-corrected chi connectivity index (χ0v) is 12.1. The fourth-order valence-electron chi connectivity index (χ4n) is 1.85. The van der Waals surface area contributed by atoms with Gasteiger partial charge in [-0.15, -0.1) is 0 Å². The SMILES string of the molecule is C[C@H](Oc1ccc(Cl)c(Cl)c1)C(=O)N1CCOCC1. The van der Waals surface area contributed by atoms with Gasteiger partial charge in [-0.1, -0.05) is 23.2 Å². The lowest BCUT2D eigenvalue weighted by Crippen LogP contribution is -2.46. The van der Waals surface area contributed by atoms with Gasteiger partial charge in [-0.05, 0) is 19.1 Å². The molecule has 1 amide bonds. The zero-order chi connectivity index (χ0) is 13.8. The third-order valence-corrected chi connectivity index (χ3v) is 3.61. The Kier molecular flexibility index (Phi) is 4.91. The van der Waals surface area contributed by atoms with Crippen LogP contribution in [-0.4, -0.2) is 43.2 Å². The van der Waals surface area contributed by atoms with Crippen molar-refractivity contribution in [3.05, 3.63) is 28.2 Å². The van der Waals surface area contributed by atoms with E-state index < -0.39 is 6.10 Å². The summed E-state index contributed by atoms with van der Waals surface area (Å²) in [6.07, 6.45) is -0.560. The van der Waals surface area contributed by atoms with E-state index in [1.54, 1.807) is 30.0 Å². The summed E-state index contributed by atoms with van der Waals surface area (Å²) in [6, 6.07) is 4.94. The highest BCUT2D eigenvalue weighted by atomic mass is 35.5. The van der Waals surface area contributed by atoms with Gasteiger partial charge in [0.15, 0.2) is 6.10 Å². The number of carbonyl (C=O) groups is 1. The lowest BCUT2D eigenvalue weighted by molar-refractivity contribution is -0.142. The molecule has 1 aliphatic rings. The highest BCUT2D eigenvalue weighted by molar-refractivity contribution is 6.42. The van der Waals surface area contributed by atoms with E-state index in [4.69, 9.17) is 32.7 Å². The summed E-state index contributed by atoms with van der Waals surface area (Å²) in [7, 11) is 0. The molecule has 4 nitrogen and oxygen atoms in total. The average Bonchev–Trinajstić information content (AvgIpc) is 2.43. The second-order valence-corrected chi connectivity index (χ2v) is 5.09. The Balaban J connectivity index is 1.97. The van der Waals surface area contributed by atoms with Crippen molar-refractivity contribution in [3.8, 4) is 5.75 Å². The lowest BCUT2D eigenvalue weighted by Gasteiger charge is -2.29. The molecule has 1 aromatic rings. The maximum absolute atomic E-state index is 12.1. The molecule has 1 atom stereocenters. The molecule has 0 bridgehead atoms. The van der Waals surface area contributed by atoms with Crippen molar-refractivity contribution >= 4 is 29.1 Å². The number of halogens is 2. The first-order valence-corrected chi connectivity index (χ1v) is 6.82. The van der Waals surface area contributed by atoms with Gasteiger partial charge in [0, 0.05) is 19.2 Å².